The van der Waals surface area contributed by atoms with Crippen molar-refractivity contribution in [2.75, 3.05) is 12.8 Å². The number of hydrogen-bond donors (Lipinski definition) is 2. The summed E-state index contributed by atoms with van der Waals surface area (Å²) in [6.45, 7) is 0.644. The summed E-state index contributed by atoms with van der Waals surface area (Å²) in [4.78, 5) is 12.9. The number of rotatable bonds is 6. The van der Waals surface area contributed by atoms with Crippen LogP contribution in [0.2, 0.25) is 0 Å². The average Bonchev–Trinajstić information content (AvgIpc) is 2.26. The maximum absolute atomic E-state index is 11.0. The van der Waals surface area contributed by atoms with E-state index in [0.29, 0.717) is 18.7 Å². The molecule has 1 N–H and O–H groups in total. The van der Waals surface area contributed by atoms with Crippen molar-refractivity contribution in [3.05, 3.63) is 35.9 Å². The number of benzene rings is 1. The van der Waals surface area contributed by atoms with Gasteiger partial charge >= 0.3 is 5.97 Å². The van der Waals surface area contributed by atoms with E-state index in [1.807, 2.05) is 42.3 Å². The lowest BCUT2D eigenvalue weighted by molar-refractivity contribution is -0.143. The molecule has 0 saturated carbocycles. The van der Waals surface area contributed by atoms with Crippen molar-refractivity contribution in [2.24, 2.45) is 0 Å². The first-order valence-corrected chi connectivity index (χ1v) is 5.86. The van der Waals surface area contributed by atoms with Gasteiger partial charge < -0.3 is 5.11 Å². The van der Waals surface area contributed by atoms with Crippen LogP contribution in [0, 0.1) is 0 Å². The molecular weight excluding hydrogens is 222 g/mol. The van der Waals surface area contributed by atoms with Gasteiger partial charge in [-0.25, -0.2) is 0 Å². The molecule has 1 rings (SSSR count). The summed E-state index contributed by atoms with van der Waals surface area (Å²) >= 11 is 4.09. The Morgan fingerprint density at radius 3 is 2.56 bits per heavy atom. The molecule has 4 heteroatoms. The highest BCUT2D eigenvalue weighted by Crippen LogP contribution is 2.09. The second-order valence-corrected chi connectivity index (χ2v) is 4.21. The first kappa shape index (κ1) is 13.1. The predicted molar refractivity (Wildman–Crippen MR) is 67.8 cm³/mol. The smallest absolute Gasteiger partial charge is 0.320 e. The zero-order valence-electron chi connectivity index (χ0n) is 9.34. The quantitative estimate of drug-likeness (QED) is 0.745. The molecule has 0 amide bonds. The average molecular weight is 239 g/mol. The van der Waals surface area contributed by atoms with Crippen molar-refractivity contribution in [1.82, 2.24) is 4.90 Å². The number of hydrogen-bond acceptors (Lipinski definition) is 3. The van der Waals surface area contributed by atoms with E-state index < -0.39 is 12.0 Å². The molecule has 88 valence electrons. The highest BCUT2D eigenvalue weighted by molar-refractivity contribution is 7.80. The van der Waals surface area contributed by atoms with Crippen molar-refractivity contribution in [2.45, 2.75) is 19.0 Å². The molecule has 0 aliphatic rings. The molecular formula is C12H17NO2S. The van der Waals surface area contributed by atoms with Gasteiger partial charge in [-0.15, -0.1) is 0 Å². The monoisotopic (exact) mass is 239 g/mol. The Hall–Kier alpha value is -1.00. The van der Waals surface area contributed by atoms with Crippen molar-refractivity contribution in [3.63, 3.8) is 0 Å². The summed E-state index contributed by atoms with van der Waals surface area (Å²) in [6, 6.07) is 9.39. The highest BCUT2D eigenvalue weighted by atomic mass is 32.1. The standard InChI is InChI=1S/C12H17NO2S/c1-13(11(7-8-16)12(14)15)9-10-5-3-2-4-6-10/h2-6,11,16H,7-9H2,1H3,(H,14,15). The van der Waals surface area contributed by atoms with E-state index in [0.717, 1.165) is 5.56 Å². The van der Waals surface area contributed by atoms with E-state index in [9.17, 15) is 4.79 Å². The number of carbonyl (C=O) groups is 1. The zero-order valence-corrected chi connectivity index (χ0v) is 10.2. The molecule has 0 aliphatic carbocycles. The first-order chi connectivity index (χ1) is 7.65. The molecule has 0 aliphatic heterocycles. The van der Waals surface area contributed by atoms with Crippen LogP contribution in [0.3, 0.4) is 0 Å². The number of nitrogens with zero attached hydrogens (tertiary/aromatic N) is 1. The normalized spacial score (nSPS) is 12.7. The van der Waals surface area contributed by atoms with Gasteiger partial charge in [-0.1, -0.05) is 30.3 Å². The number of aliphatic carboxylic acids is 1. The third-order valence-electron chi connectivity index (χ3n) is 2.49. The second kappa shape index (κ2) is 6.55. The Morgan fingerprint density at radius 2 is 2.06 bits per heavy atom. The zero-order chi connectivity index (χ0) is 12.0. The molecule has 3 nitrogen and oxygen atoms in total. The summed E-state index contributed by atoms with van der Waals surface area (Å²) in [7, 11) is 1.83. The largest absolute Gasteiger partial charge is 0.480 e. The minimum absolute atomic E-state index is 0.460. The van der Waals surface area contributed by atoms with Crippen LogP contribution in [0.1, 0.15) is 12.0 Å². The minimum Gasteiger partial charge on any atom is -0.480 e. The van der Waals surface area contributed by atoms with Crippen LogP contribution >= 0.6 is 12.6 Å². The van der Waals surface area contributed by atoms with Gasteiger partial charge in [-0.2, -0.15) is 12.6 Å². The predicted octanol–water partition coefficient (Wildman–Crippen LogP) is 1.89. The summed E-state index contributed by atoms with van der Waals surface area (Å²) in [5, 5.41) is 9.08. The summed E-state index contributed by atoms with van der Waals surface area (Å²) < 4.78 is 0. The molecule has 0 fully saturated rings. The van der Waals surface area contributed by atoms with E-state index in [2.05, 4.69) is 12.6 Å². The Kier molecular flexibility index (Phi) is 5.35. The number of carboxylic acids is 1. The van der Waals surface area contributed by atoms with Gasteiger partial charge in [0.15, 0.2) is 0 Å². The van der Waals surface area contributed by atoms with Crippen LogP contribution in [0.15, 0.2) is 30.3 Å². The SMILES string of the molecule is CN(Cc1ccccc1)C(CCS)C(=O)O. The topological polar surface area (TPSA) is 40.5 Å². The third kappa shape index (κ3) is 3.87. The Balaban J connectivity index is 2.62. The molecule has 1 unspecified atom stereocenters. The highest BCUT2D eigenvalue weighted by Gasteiger charge is 2.21. The molecule has 0 bridgehead atoms. The van der Waals surface area contributed by atoms with Crippen LogP contribution in [-0.2, 0) is 11.3 Å². The molecule has 0 saturated heterocycles. The van der Waals surface area contributed by atoms with Crippen molar-refractivity contribution < 1.29 is 9.90 Å². The number of likely N-dealkylation sites (N-methyl/N-ethyl adjacent to an activating group) is 1. The molecule has 0 spiro atoms. The minimum atomic E-state index is -0.785. The number of thiol groups is 1. The van der Waals surface area contributed by atoms with Crippen molar-refractivity contribution in [1.29, 1.82) is 0 Å². The van der Waals surface area contributed by atoms with Crippen LogP contribution in [-0.4, -0.2) is 34.8 Å². The Morgan fingerprint density at radius 1 is 1.44 bits per heavy atom. The van der Waals surface area contributed by atoms with Gasteiger partial charge in [0.25, 0.3) is 0 Å². The lowest BCUT2D eigenvalue weighted by Gasteiger charge is -2.24. The van der Waals surface area contributed by atoms with E-state index in [-0.39, 0.29) is 0 Å². The molecule has 1 aromatic rings. The van der Waals surface area contributed by atoms with Gasteiger partial charge in [-0.05, 0) is 24.8 Å². The number of carboxylic acid groups (broad SMARTS) is 1. The van der Waals surface area contributed by atoms with Crippen molar-refractivity contribution in [3.8, 4) is 0 Å². The fourth-order valence-corrected chi connectivity index (χ4v) is 1.88. The van der Waals surface area contributed by atoms with Crippen LogP contribution < -0.4 is 0 Å². The second-order valence-electron chi connectivity index (χ2n) is 3.77. The Labute approximate surface area is 101 Å². The lowest BCUT2D eigenvalue weighted by Crippen LogP contribution is -2.38. The maximum atomic E-state index is 11.0. The summed E-state index contributed by atoms with van der Waals surface area (Å²) in [6.07, 6.45) is 0.557. The van der Waals surface area contributed by atoms with Gasteiger partial charge in [0.2, 0.25) is 0 Å². The first-order valence-electron chi connectivity index (χ1n) is 5.23. The van der Waals surface area contributed by atoms with E-state index in [1.54, 1.807) is 0 Å². The summed E-state index contributed by atoms with van der Waals surface area (Å²) in [5.41, 5.74) is 1.12. The molecule has 0 radical (unpaired) electrons. The van der Waals surface area contributed by atoms with Gasteiger partial charge in [-0.3, -0.25) is 9.69 Å². The van der Waals surface area contributed by atoms with E-state index in [1.165, 1.54) is 0 Å². The maximum Gasteiger partial charge on any atom is 0.320 e. The van der Waals surface area contributed by atoms with E-state index in [4.69, 9.17) is 5.11 Å². The molecule has 16 heavy (non-hydrogen) atoms. The van der Waals surface area contributed by atoms with Gasteiger partial charge in [0.1, 0.15) is 6.04 Å². The van der Waals surface area contributed by atoms with Gasteiger partial charge in [0.05, 0.1) is 0 Å². The van der Waals surface area contributed by atoms with Crippen LogP contribution in [0.4, 0.5) is 0 Å². The molecule has 1 aromatic carbocycles. The van der Waals surface area contributed by atoms with E-state index >= 15 is 0 Å². The Bertz CT molecular complexity index is 329. The molecule has 0 heterocycles. The van der Waals surface area contributed by atoms with Gasteiger partial charge in [0, 0.05) is 6.54 Å². The third-order valence-corrected chi connectivity index (χ3v) is 2.75. The van der Waals surface area contributed by atoms with Crippen LogP contribution in [0.25, 0.3) is 0 Å². The van der Waals surface area contributed by atoms with Crippen molar-refractivity contribution >= 4 is 18.6 Å². The summed E-state index contributed by atoms with van der Waals surface area (Å²) in [5.74, 6) is -0.205. The fourth-order valence-electron chi connectivity index (χ4n) is 1.64. The molecule has 0 aromatic heterocycles. The molecule has 1 atom stereocenters. The fraction of sp³-hybridized carbons (Fsp3) is 0.417. The lowest BCUT2D eigenvalue weighted by atomic mass is 10.1. The van der Waals surface area contributed by atoms with Crippen LogP contribution in [0.5, 0.6) is 0 Å².